The van der Waals surface area contributed by atoms with Crippen LogP contribution in [0.4, 0.5) is 13.2 Å². The van der Waals surface area contributed by atoms with E-state index in [9.17, 15) is 22.8 Å². The summed E-state index contributed by atoms with van der Waals surface area (Å²) in [7, 11) is 0. The standard InChI is InChI=1S/C22H22F3N5O3/c1-14-19(20(26)31)28-29-30(14)17-10-9-16(21(32)27-13-22(23,24)25)12-18(17)33-11-5-8-15-6-3-2-4-7-15/h2-4,6-7,9-10,12H,5,8,11,13H2,1H3,(H2,26,31)(H,27,32). The number of primary amides is 1. The van der Waals surface area contributed by atoms with Crippen LogP contribution in [0.2, 0.25) is 0 Å². The van der Waals surface area contributed by atoms with Crippen molar-refractivity contribution >= 4 is 11.8 Å². The second kappa shape index (κ2) is 10.2. The Morgan fingerprint density at radius 3 is 2.52 bits per heavy atom. The molecule has 3 aromatic rings. The Morgan fingerprint density at radius 2 is 1.88 bits per heavy atom. The Hall–Kier alpha value is -3.89. The van der Waals surface area contributed by atoms with Gasteiger partial charge in [0.05, 0.1) is 12.3 Å². The number of amides is 2. The molecule has 0 fully saturated rings. The van der Waals surface area contributed by atoms with E-state index in [1.807, 2.05) is 35.6 Å². The van der Waals surface area contributed by atoms with E-state index in [4.69, 9.17) is 10.5 Å². The van der Waals surface area contributed by atoms with Gasteiger partial charge in [0.25, 0.3) is 11.8 Å². The quantitative estimate of drug-likeness (QED) is 0.476. The lowest BCUT2D eigenvalue weighted by molar-refractivity contribution is -0.123. The van der Waals surface area contributed by atoms with E-state index in [0.717, 1.165) is 12.0 Å². The zero-order chi connectivity index (χ0) is 24.0. The van der Waals surface area contributed by atoms with E-state index in [1.54, 1.807) is 6.92 Å². The average Bonchev–Trinajstić information content (AvgIpc) is 3.16. The fraction of sp³-hybridized carbons (Fsp3) is 0.273. The molecule has 2 aromatic carbocycles. The molecule has 3 N–H and O–H groups in total. The molecule has 0 atom stereocenters. The summed E-state index contributed by atoms with van der Waals surface area (Å²) in [6.07, 6.45) is -3.14. The summed E-state index contributed by atoms with van der Waals surface area (Å²) in [5.41, 5.74) is 7.09. The van der Waals surface area contributed by atoms with E-state index in [0.29, 0.717) is 17.8 Å². The van der Waals surface area contributed by atoms with Crippen molar-refractivity contribution in [3.05, 3.63) is 71.0 Å². The average molecular weight is 461 g/mol. The number of alkyl halides is 3. The molecular weight excluding hydrogens is 439 g/mol. The van der Waals surface area contributed by atoms with Crippen LogP contribution >= 0.6 is 0 Å². The van der Waals surface area contributed by atoms with Crippen LogP contribution in [0.25, 0.3) is 5.69 Å². The van der Waals surface area contributed by atoms with Crippen molar-refractivity contribution in [2.75, 3.05) is 13.2 Å². The van der Waals surface area contributed by atoms with Crippen molar-refractivity contribution < 1.29 is 27.5 Å². The highest BCUT2D eigenvalue weighted by Gasteiger charge is 2.28. The number of nitrogens with zero attached hydrogens (tertiary/aromatic N) is 3. The van der Waals surface area contributed by atoms with Gasteiger partial charge in [-0.15, -0.1) is 5.10 Å². The monoisotopic (exact) mass is 461 g/mol. The molecule has 11 heteroatoms. The number of halogens is 3. The van der Waals surface area contributed by atoms with Gasteiger partial charge in [0, 0.05) is 5.56 Å². The molecule has 1 aromatic heterocycles. The lowest BCUT2D eigenvalue weighted by Gasteiger charge is -2.14. The number of hydrogen-bond acceptors (Lipinski definition) is 5. The molecule has 1 heterocycles. The molecule has 0 unspecified atom stereocenters. The zero-order valence-corrected chi connectivity index (χ0v) is 17.7. The Morgan fingerprint density at radius 1 is 1.15 bits per heavy atom. The van der Waals surface area contributed by atoms with Crippen molar-refractivity contribution in [1.82, 2.24) is 20.3 Å². The number of aryl methyl sites for hydroxylation is 1. The first-order chi connectivity index (χ1) is 15.7. The van der Waals surface area contributed by atoms with Crippen molar-refractivity contribution in [3.8, 4) is 11.4 Å². The van der Waals surface area contributed by atoms with E-state index in [-0.39, 0.29) is 23.6 Å². The van der Waals surface area contributed by atoms with Gasteiger partial charge >= 0.3 is 6.18 Å². The maximum absolute atomic E-state index is 12.5. The van der Waals surface area contributed by atoms with Crippen LogP contribution in [0, 0.1) is 6.92 Å². The summed E-state index contributed by atoms with van der Waals surface area (Å²) in [5, 5.41) is 9.51. The molecule has 0 aliphatic rings. The number of carbonyl (C=O) groups is 2. The zero-order valence-electron chi connectivity index (χ0n) is 17.7. The molecule has 0 radical (unpaired) electrons. The SMILES string of the molecule is Cc1c(C(N)=O)nnn1-c1ccc(C(=O)NCC(F)(F)F)cc1OCCCc1ccccc1. The van der Waals surface area contributed by atoms with Gasteiger partial charge in [-0.2, -0.15) is 13.2 Å². The molecule has 0 aliphatic carbocycles. The van der Waals surface area contributed by atoms with Crippen molar-refractivity contribution in [3.63, 3.8) is 0 Å². The molecule has 3 rings (SSSR count). The third-order valence-electron chi connectivity index (χ3n) is 4.74. The molecule has 33 heavy (non-hydrogen) atoms. The Labute approximate surface area is 187 Å². The van der Waals surface area contributed by atoms with Gasteiger partial charge < -0.3 is 15.8 Å². The van der Waals surface area contributed by atoms with Gasteiger partial charge in [0.1, 0.15) is 18.0 Å². The third kappa shape index (κ3) is 6.31. The van der Waals surface area contributed by atoms with Crippen LogP contribution in [0.3, 0.4) is 0 Å². The maximum atomic E-state index is 12.5. The van der Waals surface area contributed by atoms with Gasteiger partial charge in [0.2, 0.25) is 0 Å². The molecule has 0 aliphatic heterocycles. The smallest absolute Gasteiger partial charge is 0.405 e. The highest BCUT2D eigenvalue weighted by molar-refractivity contribution is 5.95. The first-order valence-electron chi connectivity index (χ1n) is 10.0. The Balaban J connectivity index is 1.83. The van der Waals surface area contributed by atoms with Crippen molar-refractivity contribution in [1.29, 1.82) is 0 Å². The first kappa shape index (κ1) is 23.8. The minimum absolute atomic E-state index is 0.0195. The molecule has 0 spiro atoms. The normalized spacial score (nSPS) is 11.3. The largest absolute Gasteiger partial charge is 0.491 e. The van der Waals surface area contributed by atoms with Gasteiger partial charge in [-0.1, -0.05) is 35.5 Å². The van der Waals surface area contributed by atoms with Crippen LogP contribution in [-0.2, 0) is 6.42 Å². The fourth-order valence-electron chi connectivity index (χ4n) is 3.12. The second-order valence-corrected chi connectivity index (χ2v) is 7.22. The Bertz CT molecular complexity index is 1130. The maximum Gasteiger partial charge on any atom is 0.405 e. The van der Waals surface area contributed by atoms with Crippen LogP contribution in [-0.4, -0.2) is 46.1 Å². The third-order valence-corrected chi connectivity index (χ3v) is 4.74. The number of ether oxygens (including phenoxy) is 1. The number of hydrogen-bond donors (Lipinski definition) is 2. The van der Waals surface area contributed by atoms with Gasteiger partial charge in [-0.25, -0.2) is 4.68 Å². The van der Waals surface area contributed by atoms with Crippen LogP contribution < -0.4 is 15.8 Å². The molecule has 0 bridgehead atoms. The van der Waals surface area contributed by atoms with E-state index in [1.165, 1.54) is 22.9 Å². The number of benzene rings is 2. The van der Waals surface area contributed by atoms with Crippen molar-refractivity contribution in [2.24, 2.45) is 5.73 Å². The van der Waals surface area contributed by atoms with E-state index in [2.05, 4.69) is 10.3 Å². The molecule has 174 valence electrons. The summed E-state index contributed by atoms with van der Waals surface area (Å²) < 4.78 is 44.6. The summed E-state index contributed by atoms with van der Waals surface area (Å²) in [6, 6.07) is 13.9. The number of carbonyl (C=O) groups excluding carboxylic acids is 2. The van der Waals surface area contributed by atoms with Crippen LogP contribution in [0.15, 0.2) is 48.5 Å². The lowest BCUT2D eigenvalue weighted by Crippen LogP contribution is -2.33. The molecular formula is C22H22F3N5O3. The Kier molecular flexibility index (Phi) is 7.31. The summed E-state index contributed by atoms with van der Waals surface area (Å²) >= 11 is 0. The second-order valence-electron chi connectivity index (χ2n) is 7.22. The fourth-order valence-corrected chi connectivity index (χ4v) is 3.12. The number of aromatic nitrogens is 3. The molecule has 8 nitrogen and oxygen atoms in total. The number of nitrogens with two attached hydrogens (primary N) is 1. The number of nitrogens with one attached hydrogen (secondary N) is 1. The van der Waals surface area contributed by atoms with Crippen LogP contribution in [0.1, 0.15) is 38.5 Å². The van der Waals surface area contributed by atoms with Gasteiger partial charge in [-0.05, 0) is 43.5 Å². The predicted octanol–water partition coefficient (Wildman–Crippen LogP) is 2.98. The van der Waals surface area contributed by atoms with E-state index >= 15 is 0 Å². The topological polar surface area (TPSA) is 112 Å². The van der Waals surface area contributed by atoms with Gasteiger partial charge in [-0.3, -0.25) is 9.59 Å². The number of rotatable bonds is 9. The minimum atomic E-state index is -4.53. The first-order valence-corrected chi connectivity index (χ1v) is 10.0. The summed E-state index contributed by atoms with van der Waals surface area (Å²) in [4.78, 5) is 23.7. The van der Waals surface area contributed by atoms with Crippen molar-refractivity contribution in [2.45, 2.75) is 25.9 Å². The lowest BCUT2D eigenvalue weighted by atomic mass is 10.1. The molecule has 2 amide bonds. The minimum Gasteiger partial charge on any atom is -0.491 e. The highest BCUT2D eigenvalue weighted by Crippen LogP contribution is 2.26. The predicted molar refractivity (Wildman–Crippen MR) is 113 cm³/mol. The van der Waals surface area contributed by atoms with E-state index < -0.39 is 24.5 Å². The molecule has 0 saturated carbocycles. The van der Waals surface area contributed by atoms with Crippen LogP contribution in [0.5, 0.6) is 5.75 Å². The summed E-state index contributed by atoms with van der Waals surface area (Å²) in [6.45, 7) is 0.403. The highest BCUT2D eigenvalue weighted by atomic mass is 19.4. The van der Waals surface area contributed by atoms with Gasteiger partial charge in [0.15, 0.2) is 5.69 Å². The summed E-state index contributed by atoms with van der Waals surface area (Å²) in [5.74, 6) is -1.46. The molecule has 0 saturated heterocycles.